The van der Waals surface area contributed by atoms with E-state index < -0.39 is 21.5 Å². The fourth-order valence-corrected chi connectivity index (χ4v) is 2.14. The van der Waals surface area contributed by atoms with Gasteiger partial charge < -0.3 is 5.11 Å². The lowest BCUT2D eigenvalue weighted by Gasteiger charge is -2.18. The highest BCUT2D eigenvalue weighted by molar-refractivity contribution is 7.86. The first-order valence-corrected chi connectivity index (χ1v) is 6.18. The second-order valence-corrected chi connectivity index (χ2v) is 6.18. The minimum Gasteiger partial charge on any atom is -0.480 e. The molecule has 1 unspecified atom stereocenters. The van der Waals surface area contributed by atoms with Gasteiger partial charge in [0, 0.05) is 23.2 Å². The highest BCUT2D eigenvalue weighted by Gasteiger charge is 2.34. The molecular weight excluding hydrogens is 226 g/mol. The normalized spacial score (nSPS) is 13.4. The third-order valence-corrected chi connectivity index (χ3v) is 4.22. The summed E-state index contributed by atoms with van der Waals surface area (Å²) >= 11 is 0. The molecule has 1 rings (SSSR count). The number of rotatable bonds is 4. The predicted molar refractivity (Wildman–Crippen MR) is 62.5 cm³/mol. The van der Waals surface area contributed by atoms with Crippen molar-refractivity contribution >= 4 is 16.8 Å². The molecule has 0 aliphatic carbocycles. The molecular formula is C11H15NO3S. The molecule has 0 saturated heterocycles. The zero-order valence-corrected chi connectivity index (χ0v) is 10.4. The van der Waals surface area contributed by atoms with Gasteiger partial charge in [0.25, 0.3) is 0 Å². The van der Waals surface area contributed by atoms with Crippen molar-refractivity contribution in [2.45, 2.75) is 31.3 Å². The summed E-state index contributed by atoms with van der Waals surface area (Å²) < 4.78 is 10.7. The summed E-state index contributed by atoms with van der Waals surface area (Å²) in [5, 5.41) is 8.94. The maximum atomic E-state index is 11.9. The van der Waals surface area contributed by atoms with Crippen LogP contribution in [0.5, 0.6) is 0 Å². The summed E-state index contributed by atoms with van der Waals surface area (Å²) in [6.07, 6.45) is 3.32. The molecule has 0 radical (unpaired) electrons. The van der Waals surface area contributed by atoms with Crippen LogP contribution in [0.3, 0.4) is 0 Å². The number of hydrogen-bond donors (Lipinski definition) is 1. The van der Waals surface area contributed by atoms with Crippen LogP contribution in [0.25, 0.3) is 0 Å². The lowest BCUT2D eigenvalue weighted by atomic mass is 10.2. The Bertz CT molecular complexity index is 429. The van der Waals surface area contributed by atoms with E-state index in [-0.39, 0.29) is 5.75 Å². The minimum atomic E-state index is -1.46. The number of hydrogen-bond acceptors (Lipinski definition) is 3. The molecule has 0 aliphatic rings. The average molecular weight is 241 g/mol. The van der Waals surface area contributed by atoms with Gasteiger partial charge in [-0.2, -0.15) is 0 Å². The highest BCUT2D eigenvalue weighted by Crippen LogP contribution is 2.17. The van der Waals surface area contributed by atoms with Gasteiger partial charge in [0.2, 0.25) is 0 Å². The topological polar surface area (TPSA) is 67.3 Å². The third kappa shape index (κ3) is 2.88. The summed E-state index contributed by atoms with van der Waals surface area (Å²) in [7, 11) is -1.46. The zero-order valence-electron chi connectivity index (χ0n) is 9.56. The van der Waals surface area contributed by atoms with Crippen LogP contribution in [0.15, 0.2) is 18.5 Å². The van der Waals surface area contributed by atoms with Gasteiger partial charge >= 0.3 is 5.97 Å². The summed E-state index contributed by atoms with van der Waals surface area (Å²) in [6, 6.07) is 1.86. The maximum Gasteiger partial charge on any atom is 0.321 e. The van der Waals surface area contributed by atoms with Crippen molar-refractivity contribution < 1.29 is 14.1 Å². The fraction of sp³-hybridized carbons (Fsp3) is 0.455. The van der Waals surface area contributed by atoms with Crippen LogP contribution in [0.1, 0.15) is 25.0 Å². The summed E-state index contributed by atoms with van der Waals surface area (Å²) in [6.45, 7) is 4.82. The van der Waals surface area contributed by atoms with E-state index in [0.717, 1.165) is 11.1 Å². The van der Waals surface area contributed by atoms with Crippen molar-refractivity contribution in [2.75, 3.05) is 0 Å². The summed E-state index contributed by atoms with van der Waals surface area (Å²) in [4.78, 5) is 14.9. The van der Waals surface area contributed by atoms with E-state index in [4.69, 9.17) is 5.11 Å². The lowest BCUT2D eigenvalue weighted by molar-refractivity contribution is -0.139. The van der Waals surface area contributed by atoms with E-state index in [1.54, 1.807) is 12.4 Å². The third-order valence-electron chi connectivity index (χ3n) is 2.31. The van der Waals surface area contributed by atoms with Crippen LogP contribution in [-0.4, -0.2) is 25.0 Å². The lowest BCUT2D eigenvalue weighted by Crippen LogP contribution is -2.37. The first-order chi connectivity index (χ1) is 7.34. The number of carboxylic acid groups (broad SMARTS) is 1. The maximum absolute atomic E-state index is 11.9. The van der Waals surface area contributed by atoms with Crippen LogP contribution in [0.4, 0.5) is 0 Å². The Kier molecular flexibility index (Phi) is 3.80. The zero-order chi connectivity index (χ0) is 12.3. The number of aryl methyl sites for hydroxylation is 1. The van der Waals surface area contributed by atoms with E-state index in [9.17, 15) is 9.00 Å². The van der Waals surface area contributed by atoms with E-state index in [1.807, 2.05) is 13.0 Å². The van der Waals surface area contributed by atoms with E-state index in [2.05, 4.69) is 4.98 Å². The van der Waals surface area contributed by atoms with Crippen LogP contribution >= 0.6 is 0 Å². The second-order valence-electron chi connectivity index (χ2n) is 4.18. The Morgan fingerprint density at radius 3 is 2.62 bits per heavy atom. The van der Waals surface area contributed by atoms with Gasteiger partial charge in [-0.3, -0.25) is 14.0 Å². The number of pyridine rings is 1. The molecule has 0 fully saturated rings. The van der Waals surface area contributed by atoms with Crippen LogP contribution < -0.4 is 0 Å². The van der Waals surface area contributed by atoms with Crippen molar-refractivity contribution in [3.63, 3.8) is 0 Å². The van der Waals surface area contributed by atoms with E-state index >= 15 is 0 Å². The largest absolute Gasteiger partial charge is 0.480 e. The predicted octanol–water partition coefficient (Wildman–Crippen LogP) is 1.50. The molecule has 4 nitrogen and oxygen atoms in total. The molecule has 0 amide bonds. The van der Waals surface area contributed by atoms with Crippen molar-refractivity contribution in [2.24, 2.45) is 0 Å². The number of aliphatic carboxylic acids is 1. The molecule has 1 aromatic heterocycles. The van der Waals surface area contributed by atoms with Crippen molar-refractivity contribution in [1.82, 2.24) is 4.98 Å². The Hall–Kier alpha value is -1.23. The first kappa shape index (κ1) is 12.8. The molecule has 1 aromatic rings. The first-order valence-electron chi connectivity index (χ1n) is 4.86. The number of carboxylic acids is 1. The van der Waals surface area contributed by atoms with Gasteiger partial charge in [0.05, 0.1) is 5.75 Å². The van der Waals surface area contributed by atoms with Gasteiger partial charge in [-0.25, -0.2) is 0 Å². The molecule has 5 heteroatoms. The van der Waals surface area contributed by atoms with Crippen LogP contribution in [-0.2, 0) is 21.3 Å². The molecule has 1 N–H and O–H groups in total. The van der Waals surface area contributed by atoms with Crippen molar-refractivity contribution in [3.8, 4) is 0 Å². The van der Waals surface area contributed by atoms with Gasteiger partial charge in [0.1, 0.15) is 4.75 Å². The van der Waals surface area contributed by atoms with Crippen LogP contribution in [0, 0.1) is 6.92 Å². The summed E-state index contributed by atoms with van der Waals surface area (Å²) in [5.74, 6) is -0.833. The van der Waals surface area contributed by atoms with Gasteiger partial charge in [-0.1, -0.05) is 6.07 Å². The molecule has 16 heavy (non-hydrogen) atoms. The molecule has 0 aromatic carbocycles. The number of carbonyl (C=O) groups is 1. The Morgan fingerprint density at radius 2 is 2.12 bits per heavy atom. The monoisotopic (exact) mass is 241 g/mol. The Morgan fingerprint density at radius 1 is 1.50 bits per heavy atom. The second kappa shape index (κ2) is 4.74. The fourth-order valence-electron chi connectivity index (χ4n) is 1.13. The Balaban J connectivity index is 2.83. The highest BCUT2D eigenvalue weighted by atomic mass is 32.2. The smallest absolute Gasteiger partial charge is 0.321 e. The van der Waals surface area contributed by atoms with Crippen molar-refractivity contribution in [1.29, 1.82) is 0 Å². The van der Waals surface area contributed by atoms with Crippen LogP contribution in [0.2, 0.25) is 0 Å². The molecule has 88 valence electrons. The SMILES string of the molecule is Cc1cncc(CS(=O)C(C)(C)C(=O)O)c1. The summed E-state index contributed by atoms with van der Waals surface area (Å²) in [5.41, 5.74) is 1.77. The molecule has 0 bridgehead atoms. The average Bonchev–Trinajstić information content (AvgIpc) is 2.17. The molecule has 0 spiro atoms. The molecule has 1 heterocycles. The van der Waals surface area contributed by atoms with Gasteiger partial charge in [-0.15, -0.1) is 0 Å². The van der Waals surface area contributed by atoms with Crippen molar-refractivity contribution in [3.05, 3.63) is 29.6 Å². The number of nitrogens with zero attached hydrogens (tertiary/aromatic N) is 1. The molecule has 0 saturated carbocycles. The van der Waals surface area contributed by atoms with Gasteiger partial charge in [0.15, 0.2) is 0 Å². The minimum absolute atomic E-state index is 0.216. The van der Waals surface area contributed by atoms with Gasteiger partial charge in [-0.05, 0) is 31.9 Å². The number of aromatic nitrogens is 1. The standard InChI is InChI=1S/C11H15NO3S/c1-8-4-9(6-12-5-8)7-16(15)11(2,3)10(13)14/h4-6H,7H2,1-3H3,(H,13,14). The Labute approximate surface area is 97.2 Å². The van der Waals surface area contributed by atoms with E-state index in [1.165, 1.54) is 13.8 Å². The molecule has 1 atom stereocenters. The quantitative estimate of drug-likeness (QED) is 0.867. The molecule has 0 aliphatic heterocycles. The van der Waals surface area contributed by atoms with E-state index in [0.29, 0.717) is 0 Å².